The molecule has 2 aliphatic heterocycles. The van der Waals surface area contributed by atoms with Crippen molar-refractivity contribution < 1.29 is 9.53 Å². The topological polar surface area (TPSA) is 63.4 Å². The fraction of sp³-hybridized carbons (Fsp3) is 0.250. The maximum absolute atomic E-state index is 11.2. The van der Waals surface area contributed by atoms with E-state index in [-0.39, 0.29) is 12.0 Å². The van der Waals surface area contributed by atoms with Gasteiger partial charge in [0.1, 0.15) is 12.4 Å². The van der Waals surface area contributed by atoms with Crippen LogP contribution in [0.1, 0.15) is 0 Å². The summed E-state index contributed by atoms with van der Waals surface area (Å²) in [6.45, 7) is 0. The summed E-state index contributed by atoms with van der Waals surface area (Å²) in [5.74, 6) is 0.158. The smallest absolute Gasteiger partial charge is 0.336 e. The molecule has 66 valence electrons. The molecule has 1 atom stereocenters. The molecule has 0 saturated carbocycles. The first-order chi connectivity index (χ1) is 6.33. The van der Waals surface area contributed by atoms with Crippen LogP contribution in [0, 0.1) is 0 Å². The lowest BCUT2D eigenvalue weighted by Gasteiger charge is -2.12. The van der Waals surface area contributed by atoms with E-state index in [1.165, 1.54) is 19.7 Å². The highest BCUT2D eigenvalue weighted by atomic mass is 16.5. The van der Waals surface area contributed by atoms with Gasteiger partial charge in [-0.15, -0.1) is 0 Å². The number of esters is 1. The quantitative estimate of drug-likeness (QED) is 0.528. The van der Waals surface area contributed by atoms with Gasteiger partial charge in [-0.25, -0.2) is 14.8 Å². The van der Waals surface area contributed by atoms with Crippen molar-refractivity contribution in [3.8, 4) is 0 Å². The highest BCUT2D eigenvalue weighted by Gasteiger charge is 2.29. The van der Waals surface area contributed by atoms with Crippen molar-refractivity contribution >= 4 is 24.4 Å². The van der Waals surface area contributed by atoms with Gasteiger partial charge in [0.2, 0.25) is 0 Å². The van der Waals surface area contributed by atoms with Crippen LogP contribution < -0.4 is 0 Å². The van der Waals surface area contributed by atoms with Crippen molar-refractivity contribution in [2.24, 2.45) is 15.0 Å². The number of fused-ring (bicyclic) bond motifs is 1. The van der Waals surface area contributed by atoms with E-state index in [9.17, 15) is 4.79 Å². The third kappa shape index (κ3) is 1.18. The molecule has 0 aromatic heterocycles. The number of carbonyl (C=O) groups excluding carboxylic acids is 1. The minimum absolute atomic E-state index is 0.363. The van der Waals surface area contributed by atoms with Crippen molar-refractivity contribution in [2.75, 3.05) is 7.11 Å². The number of methoxy groups -OCH3 is 1. The summed E-state index contributed by atoms with van der Waals surface area (Å²) in [6.07, 6.45) is 4.52. The van der Waals surface area contributed by atoms with Crippen molar-refractivity contribution in [1.82, 2.24) is 0 Å². The molecule has 0 fully saturated rings. The Balaban J connectivity index is 2.33. The van der Waals surface area contributed by atoms with Gasteiger partial charge in [0.15, 0.2) is 5.84 Å². The summed E-state index contributed by atoms with van der Waals surface area (Å²) in [5.41, 5.74) is 0.477. The van der Waals surface area contributed by atoms with Gasteiger partial charge in [0.05, 0.1) is 12.7 Å². The Morgan fingerprint density at radius 1 is 1.62 bits per heavy atom. The molecule has 2 heterocycles. The summed E-state index contributed by atoms with van der Waals surface area (Å²) in [4.78, 5) is 23.1. The van der Waals surface area contributed by atoms with E-state index in [1.807, 2.05) is 0 Å². The average molecular weight is 177 g/mol. The maximum atomic E-state index is 11.2. The minimum Gasteiger partial charge on any atom is -0.466 e. The predicted molar refractivity (Wildman–Crippen MR) is 48.3 cm³/mol. The highest BCUT2D eigenvalue weighted by Crippen LogP contribution is 2.17. The van der Waals surface area contributed by atoms with Gasteiger partial charge in [-0.3, -0.25) is 4.99 Å². The molecule has 2 aliphatic rings. The molecule has 0 amide bonds. The molecule has 0 radical (unpaired) electrons. The zero-order valence-electron chi connectivity index (χ0n) is 6.97. The zero-order valence-corrected chi connectivity index (χ0v) is 6.97. The van der Waals surface area contributed by atoms with Crippen LogP contribution in [-0.4, -0.2) is 37.5 Å². The molecule has 13 heavy (non-hydrogen) atoms. The van der Waals surface area contributed by atoms with Crippen LogP contribution in [0.5, 0.6) is 0 Å². The van der Waals surface area contributed by atoms with E-state index in [1.54, 1.807) is 6.08 Å². The van der Waals surface area contributed by atoms with Gasteiger partial charge in [-0.2, -0.15) is 0 Å². The second-order valence-corrected chi connectivity index (χ2v) is 2.55. The van der Waals surface area contributed by atoms with Crippen molar-refractivity contribution in [1.29, 1.82) is 0 Å². The van der Waals surface area contributed by atoms with E-state index in [4.69, 9.17) is 0 Å². The van der Waals surface area contributed by atoms with E-state index in [0.717, 1.165) is 0 Å². The third-order valence-corrected chi connectivity index (χ3v) is 1.83. The average Bonchev–Trinajstić information content (AvgIpc) is 2.63. The Hall–Kier alpha value is -1.78. The SMILES string of the molecule is COC(=O)C1=CC=NC2=NC=NC12. The van der Waals surface area contributed by atoms with Gasteiger partial charge in [-0.05, 0) is 6.08 Å². The lowest BCUT2D eigenvalue weighted by molar-refractivity contribution is -0.136. The third-order valence-electron chi connectivity index (χ3n) is 1.83. The van der Waals surface area contributed by atoms with Crippen LogP contribution in [0.2, 0.25) is 0 Å². The first-order valence-corrected chi connectivity index (χ1v) is 3.75. The van der Waals surface area contributed by atoms with E-state index in [2.05, 4.69) is 19.7 Å². The molecular weight excluding hydrogens is 170 g/mol. The number of dihydropyridines is 1. The number of ether oxygens (including phenoxy) is 1. The van der Waals surface area contributed by atoms with Gasteiger partial charge in [0, 0.05) is 6.21 Å². The number of rotatable bonds is 1. The Bertz CT molecular complexity index is 366. The monoisotopic (exact) mass is 177 g/mol. The van der Waals surface area contributed by atoms with E-state index >= 15 is 0 Å². The molecule has 2 rings (SSSR count). The fourth-order valence-electron chi connectivity index (χ4n) is 1.20. The molecule has 0 N–H and O–H groups in total. The second-order valence-electron chi connectivity index (χ2n) is 2.55. The number of allylic oxidation sites excluding steroid dienone is 1. The number of hydrogen-bond acceptors (Lipinski definition) is 5. The van der Waals surface area contributed by atoms with Gasteiger partial charge in [-0.1, -0.05) is 0 Å². The van der Waals surface area contributed by atoms with Crippen molar-refractivity contribution in [2.45, 2.75) is 6.04 Å². The van der Waals surface area contributed by atoms with Crippen LogP contribution in [0.4, 0.5) is 0 Å². The second kappa shape index (κ2) is 2.93. The molecule has 0 aromatic carbocycles. The predicted octanol–water partition coefficient (Wildman–Crippen LogP) is -0.0208. The van der Waals surface area contributed by atoms with Gasteiger partial charge >= 0.3 is 5.97 Å². The number of amidine groups is 1. The fourth-order valence-corrected chi connectivity index (χ4v) is 1.20. The normalized spacial score (nSPS) is 23.6. The number of aliphatic imine (C=N–C) groups is 3. The number of nitrogens with zero attached hydrogens (tertiary/aromatic N) is 3. The van der Waals surface area contributed by atoms with Gasteiger partial charge in [0.25, 0.3) is 0 Å². The molecular formula is C8H7N3O2. The minimum atomic E-state index is -0.386. The van der Waals surface area contributed by atoms with Crippen molar-refractivity contribution in [3.05, 3.63) is 11.6 Å². The Morgan fingerprint density at radius 2 is 2.46 bits per heavy atom. The van der Waals surface area contributed by atoms with Gasteiger partial charge < -0.3 is 4.74 Å². The van der Waals surface area contributed by atoms with Crippen LogP contribution in [0.15, 0.2) is 26.6 Å². The molecule has 5 nitrogen and oxygen atoms in total. The molecule has 0 aliphatic carbocycles. The number of carbonyl (C=O) groups is 1. The van der Waals surface area contributed by atoms with E-state index in [0.29, 0.717) is 11.4 Å². The Kier molecular flexibility index (Phi) is 1.77. The van der Waals surface area contributed by atoms with E-state index < -0.39 is 0 Å². The lowest BCUT2D eigenvalue weighted by atomic mass is 10.1. The molecule has 0 spiro atoms. The molecule has 0 bridgehead atoms. The molecule has 0 aromatic rings. The first kappa shape index (κ1) is 7.85. The standard InChI is InChI=1S/C8H7N3O2/c1-13-8(12)5-2-3-9-7-6(5)10-4-11-7/h2-4,6H,1H3. The lowest BCUT2D eigenvalue weighted by Crippen LogP contribution is -2.25. The van der Waals surface area contributed by atoms with Crippen LogP contribution in [-0.2, 0) is 9.53 Å². The van der Waals surface area contributed by atoms with Crippen LogP contribution >= 0.6 is 0 Å². The molecule has 1 unspecified atom stereocenters. The van der Waals surface area contributed by atoms with Crippen LogP contribution in [0.25, 0.3) is 0 Å². The number of hydrogen-bond donors (Lipinski definition) is 0. The Morgan fingerprint density at radius 3 is 3.23 bits per heavy atom. The first-order valence-electron chi connectivity index (χ1n) is 3.75. The largest absolute Gasteiger partial charge is 0.466 e. The summed E-state index contributed by atoms with van der Waals surface area (Å²) in [7, 11) is 1.34. The van der Waals surface area contributed by atoms with Crippen molar-refractivity contribution in [3.63, 3.8) is 0 Å². The van der Waals surface area contributed by atoms with Crippen LogP contribution in [0.3, 0.4) is 0 Å². The summed E-state index contributed by atoms with van der Waals surface area (Å²) in [5, 5.41) is 0. The molecule has 5 heteroatoms. The maximum Gasteiger partial charge on any atom is 0.336 e. The highest BCUT2D eigenvalue weighted by molar-refractivity contribution is 6.13. The summed E-state index contributed by atoms with van der Waals surface area (Å²) >= 11 is 0. The molecule has 0 saturated heterocycles. The Labute approximate surface area is 74.6 Å². The summed E-state index contributed by atoms with van der Waals surface area (Å²) < 4.78 is 4.60. The zero-order chi connectivity index (χ0) is 9.26. The summed E-state index contributed by atoms with van der Waals surface area (Å²) in [6, 6.07) is -0.363.